The van der Waals surface area contributed by atoms with Crippen molar-refractivity contribution in [3.8, 4) is 0 Å². The van der Waals surface area contributed by atoms with Crippen LogP contribution in [0.3, 0.4) is 0 Å². The average molecular weight is 321 g/mol. The fourth-order valence-corrected chi connectivity index (χ4v) is 3.53. The molecule has 2 atom stereocenters. The van der Waals surface area contributed by atoms with Crippen molar-refractivity contribution in [3.63, 3.8) is 0 Å². The van der Waals surface area contributed by atoms with Crippen LogP contribution in [0, 0.1) is 17.8 Å². The Morgan fingerprint density at radius 3 is 3.00 bits per heavy atom. The van der Waals surface area contributed by atoms with Crippen LogP contribution in [0.25, 0.3) is 0 Å². The van der Waals surface area contributed by atoms with Crippen molar-refractivity contribution in [1.29, 1.82) is 0 Å². The van der Waals surface area contributed by atoms with E-state index in [2.05, 4.69) is 23.7 Å². The lowest BCUT2D eigenvalue weighted by Crippen LogP contribution is -2.35. The van der Waals surface area contributed by atoms with Crippen molar-refractivity contribution in [3.05, 3.63) is 29.8 Å². The van der Waals surface area contributed by atoms with Gasteiger partial charge in [0.15, 0.2) is 0 Å². The van der Waals surface area contributed by atoms with Crippen molar-refractivity contribution in [2.24, 2.45) is 11.8 Å². The predicted molar refractivity (Wildman–Crippen MR) is 84.6 cm³/mol. The van der Waals surface area contributed by atoms with Crippen molar-refractivity contribution in [2.75, 3.05) is 39.3 Å². The number of carbonyl (C=O) groups is 1. The van der Waals surface area contributed by atoms with Crippen LogP contribution in [-0.4, -0.2) is 66.1 Å². The molecule has 2 aliphatic rings. The Labute approximate surface area is 136 Å². The first-order chi connectivity index (χ1) is 11.0. The number of pyridine rings is 1. The first kappa shape index (κ1) is 16.3. The third kappa shape index (κ3) is 3.87. The zero-order valence-electron chi connectivity index (χ0n) is 13.7. The lowest BCUT2D eigenvalue weighted by atomic mass is 10.1. The molecule has 1 aromatic rings. The summed E-state index contributed by atoms with van der Waals surface area (Å²) in [5.41, 5.74) is 0.355. The maximum atomic E-state index is 13.2. The van der Waals surface area contributed by atoms with Crippen LogP contribution in [0.2, 0.25) is 0 Å². The molecule has 0 spiro atoms. The van der Waals surface area contributed by atoms with Gasteiger partial charge in [-0.05, 0) is 12.0 Å². The number of likely N-dealkylation sites (tertiary alicyclic amines) is 1. The zero-order chi connectivity index (χ0) is 16.4. The highest BCUT2D eigenvalue weighted by molar-refractivity contribution is 5.94. The van der Waals surface area contributed by atoms with Gasteiger partial charge in [-0.15, -0.1) is 0 Å². The molecule has 0 N–H and O–H groups in total. The number of rotatable bonds is 3. The maximum absolute atomic E-state index is 13.2. The van der Waals surface area contributed by atoms with Gasteiger partial charge in [-0.3, -0.25) is 4.79 Å². The number of fused-ring (bicyclic) bond motifs is 1. The van der Waals surface area contributed by atoms with Crippen molar-refractivity contribution in [2.45, 2.75) is 20.0 Å². The minimum Gasteiger partial charge on any atom is -0.375 e. The molecule has 0 bridgehead atoms. The molecule has 6 heteroatoms. The molecule has 2 aliphatic heterocycles. The summed E-state index contributed by atoms with van der Waals surface area (Å²) in [6, 6.07) is 2.76. The molecule has 1 amide bonds. The van der Waals surface area contributed by atoms with Crippen molar-refractivity contribution >= 4 is 5.91 Å². The third-order valence-electron chi connectivity index (χ3n) is 4.50. The first-order valence-electron chi connectivity index (χ1n) is 8.27. The second-order valence-corrected chi connectivity index (χ2v) is 6.90. The number of amides is 1. The molecule has 0 radical (unpaired) electrons. The largest absolute Gasteiger partial charge is 0.375 e. The number of nitrogens with zero attached hydrogens (tertiary/aromatic N) is 3. The van der Waals surface area contributed by atoms with Gasteiger partial charge in [0.25, 0.3) is 5.91 Å². The minimum atomic E-state index is -0.622. The maximum Gasteiger partial charge on any atom is 0.254 e. The number of halogens is 1. The Balaban J connectivity index is 1.66. The topological polar surface area (TPSA) is 45.7 Å². The van der Waals surface area contributed by atoms with Gasteiger partial charge >= 0.3 is 0 Å². The summed E-state index contributed by atoms with van der Waals surface area (Å²) in [4.78, 5) is 20.3. The van der Waals surface area contributed by atoms with E-state index in [9.17, 15) is 9.18 Å². The summed E-state index contributed by atoms with van der Waals surface area (Å²) in [5.74, 6) is 0.180. The minimum absolute atomic E-state index is 0.0859. The Morgan fingerprint density at radius 2 is 2.26 bits per heavy atom. The molecule has 3 rings (SSSR count). The fraction of sp³-hybridized carbons (Fsp3) is 0.647. The Kier molecular flexibility index (Phi) is 4.92. The Hall–Kier alpha value is -1.53. The fourth-order valence-electron chi connectivity index (χ4n) is 3.53. The number of hydrogen-bond donors (Lipinski definition) is 0. The third-order valence-corrected chi connectivity index (χ3v) is 4.50. The molecule has 23 heavy (non-hydrogen) atoms. The van der Waals surface area contributed by atoms with Crippen LogP contribution in [0.1, 0.15) is 24.2 Å². The average Bonchev–Trinajstić information content (AvgIpc) is 2.80. The number of ether oxygens (including phenoxy) is 1. The lowest BCUT2D eigenvalue weighted by molar-refractivity contribution is 0.0483. The highest BCUT2D eigenvalue weighted by atomic mass is 19.1. The zero-order valence-corrected chi connectivity index (χ0v) is 13.7. The van der Waals surface area contributed by atoms with Crippen LogP contribution in [0.5, 0.6) is 0 Å². The summed E-state index contributed by atoms with van der Waals surface area (Å²) >= 11 is 0. The van der Waals surface area contributed by atoms with E-state index in [4.69, 9.17) is 4.74 Å². The standard InChI is InChI=1S/C17H24FN3O2/c1-12(2)8-20-5-6-23-15-11-21(10-14(15)9-20)17(22)13-3-4-19-16(18)7-13/h3-4,7,12,14-15H,5-6,8-11H2,1-2H3/t14-,15+/m0/s1. The summed E-state index contributed by atoms with van der Waals surface area (Å²) in [5, 5.41) is 0. The van der Waals surface area contributed by atoms with Gasteiger partial charge in [-0.2, -0.15) is 4.39 Å². The summed E-state index contributed by atoms with van der Waals surface area (Å²) in [6.07, 6.45) is 1.42. The van der Waals surface area contributed by atoms with Gasteiger partial charge in [0.05, 0.1) is 12.7 Å². The number of carbonyl (C=O) groups excluding carboxylic acids is 1. The second kappa shape index (κ2) is 6.93. The monoisotopic (exact) mass is 321 g/mol. The van der Waals surface area contributed by atoms with E-state index in [1.54, 1.807) is 11.0 Å². The molecular weight excluding hydrogens is 297 g/mol. The molecule has 0 unspecified atom stereocenters. The van der Waals surface area contributed by atoms with Crippen molar-refractivity contribution in [1.82, 2.24) is 14.8 Å². The van der Waals surface area contributed by atoms with Crippen molar-refractivity contribution < 1.29 is 13.9 Å². The molecule has 2 fully saturated rings. The van der Waals surface area contributed by atoms with Gasteiger partial charge in [0, 0.05) is 56.5 Å². The SMILES string of the molecule is CC(C)CN1CCO[C@@H]2CN(C(=O)c3ccnc(F)c3)C[C@@H]2C1. The molecule has 5 nitrogen and oxygen atoms in total. The summed E-state index contributed by atoms with van der Waals surface area (Å²) in [7, 11) is 0. The van der Waals surface area contributed by atoms with E-state index < -0.39 is 5.95 Å². The van der Waals surface area contributed by atoms with E-state index in [-0.39, 0.29) is 12.0 Å². The molecular formula is C17H24FN3O2. The van der Waals surface area contributed by atoms with E-state index in [0.717, 1.165) is 19.6 Å². The Bertz CT molecular complexity index is 567. The molecule has 0 aromatic carbocycles. The van der Waals surface area contributed by atoms with E-state index >= 15 is 0 Å². The number of aromatic nitrogens is 1. The van der Waals surface area contributed by atoms with Crippen LogP contribution in [0.15, 0.2) is 18.3 Å². The molecule has 126 valence electrons. The van der Waals surface area contributed by atoms with Gasteiger partial charge < -0.3 is 14.5 Å². The van der Waals surface area contributed by atoms with E-state index in [1.165, 1.54) is 12.3 Å². The van der Waals surface area contributed by atoms with E-state index in [0.29, 0.717) is 37.1 Å². The van der Waals surface area contributed by atoms with Crippen LogP contribution in [0.4, 0.5) is 4.39 Å². The lowest BCUT2D eigenvalue weighted by Gasteiger charge is -2.24. The van der Waals surface area contributed by atoms with Crippen LogP contribution in [-0.2, 0) is 4.74 Å². The van der Waals surface area contributed by atoms with Crippen LogP contribution < -0.4 is 0 Å². The Morgan fingerprint density at radius 1 is 1.43 bits per heavy atom. The van der Waals surface area contributed by atoms with Gasteiger partial charge in [-0.25, -0.2) is 4.98 Å². The summed E-state index contributed by atoms with van der Waals surface area (Å²) < 4.78 is 19.2. The van der Waals surface area contributed by atoms with Gasteiger partial charge in [0.1, 0.15) is 0 Å². The van der Waals surface area contributed by atoms with Crippen LogP contribution >= 0.6 is 0 Å². The number of hydrogen-bond acceptors (Lipinski definition) is 4. The highest BCUT2D eigenvalue weighted by Gasteiger charge is 2.38. The summed E-state index contributed by atoms with van der Waals surface area (Å²) in [6.45, 7) is 9.35. The second-order valence-electron chi connectivity index (χ2n) is 6.90. The first-order valence-corrected chi connectivity index (χ1v) is 8.27. The predicted octanol–water partition coefficient (Wildman–Crippen LogP) is 1.65. The smallest absolute Gasteiger partial charge is 0.254 e. The highest BCUT2D eigenvalue weighted by Crippen LogP contribution is 2.25. The molecule has 3 heterocycles. The molecule has 2 saturated heterocycles. The molecule has 0 saturated carbocycles. The van der Waals surface area contributed by atoms with Gasteiger partial charge in [0.2, 0.25) is 5.95 Å². The normalized spacial score (nSPS) is 25.5. The van der Waals surface area contributed by atoms with E-state index in [1.807, 2.05) is 0 Å². The van der Waals surface area contributed by atoms with Gasteiger partial charge in [-0.1, -0.05) is 13.8 Å². The molecule has 1 aromatic heterocycles. The molecule has 0 aliphatic carbocycles. The quantitative estimate of drug-likeness (QED) is 0.794.